The van der Waals surface area contributed by atoms with Crippen molar-refractivity contribution >= 4 is 29.1 Å². The summed E-state index contributed by atoms with van der Waals surface area (Å²) in [6.45, 7) is 0. The molecule has 158 valence electrons. The van der Waals surface area contributed by atoms with Crippen LogP contribution >= 0.6 is 23.4 Å². The number of dihydropyridines is 1. The molecule has 0 radical (unpaired) electrons. The first-order valence-corrected chi connectivity index (χ1v) is 11.3. The van der Waals surface area contributed by atoms with Gasteiger partial charge in [-0.3, -0.25) is 4.79 Å². The molecular formula is C24H21ClN2O3S. The number of phenolic OH excluding ortho intramolecular Hbond substituents is 1. The highest BCUT2D eigenvalue weighted by Gasteiger charge is 2.37. The average molecular weight is 453 g/mol. The number of phenols is 1. The third-order valence-corrected chi connectivity index (χ3v) is 6.84. The minimum absolute atomic E-state index is 0.0178. The maximum Gasteiger partial charge on any atom is 0.161 e. The van der Waals surface area contributed by atoms with Crippen molar-refractivity contribution in [3.63, 3.8) is 0 Å². The number of nitriles is 1. The molecule has 0 saturated heterocycles. The van der Waals surface area contributed by atoms with E-state index >= 15 is 0 Å². The lowest BCUT2D eigenvalue weighted by Crippen LogP contribution is -2.31. The van der Waals surface area contributed by atoms with Crippen LogP contribution in [-0.2, 0) is 10.5 Å². The van der Waals surface area contributed by atoms with Crippen LogP contribution < -0.4 is 10.1 Å². The van der Waals surface area contributed by atoms with E-state index < -0.39 is 5.92 Å². The van der Waals surface area contributed by atoms with E-state index in [0.717, 1.165) is 34.7 Å². The van der Waals surface area contributed by atoms with Gasteiger partial charge in [0.2, 0.25) is 0 Å². The lowest BCUT2D eigenvalue weighted by atomic mass is 9.77. The molecule has 0 saturated carbocycles. The van der Waals surface area contributed by atoms with Crippen LogP contribution in [0.15, 0.2) is 64.3 Å². The standard InChI is InChI=1S/C24H21ClN2O3S/c1-30-21-11-15(7-10-19(21)28)22-17(12-26)24(27-18-3-2-4-20(29)23(18)22)31-13-14-5-8-16(25)9-6-14/h5-11,22,27-28H,2-4,13H2,1H3. The Labute approximate surface area is 190 Å². The summed E-state index contributed by atoms with van der Waals surface area (Å²) < 4.78 is 5.27. The summed E-state index contributed by atoms with van der Waals surface area (Å²) in [5, 5.41) is 24.9. The molecule has 2 aromatic rings. The van der Waals surface area contributed by atoms with Gasteiger partial charge < -0.3 is 15.2 Å². The van der Waals surface area contributed by atoms with Crippen LogP contribution in [0, 0.1) is 11.3 Å². The third kappa shape index (κ3) is 4.30. The second-order valence-corrected chi connectivity index (χ2v) is 8.85. The third-order valence-electron chi connectivity index (χ3n) is 5.50. The van der Waals surface area contributed by atoms with Crippen LogP contribution in [0.3, 0.4) is 0 Å². The minimum atomic E-state index is -0.490. The molecule has 7 heteroatoms. The van der Waals surface area contributed by atoms with Crippen LogP contribution in [0.4, 0.5) is 0 Å². The number of ether oxygens (including phenoxy) is 1. The maximum absolute atomic E-state index is 12.9. The van der Waals surface area contributed by atoms with Gasteiger partial charge in [-0.25, -0.2) is 0 Å². The van der Waals surface area contributed by atoms with Crippen LogP contribution in [0.1, 0.15) is 36.3 Å². The highest BCUT2D eigenvalue weighted by atomic mass is 35.5. The Hall–Kier alpha value is -2.88. The SMILES string of the molecule is COc1cc(C2C(C#N)=C(SCc3ccc(Cl)cc3)NC3=C2C(=O)CCC3)ccc1O. The van der Waals surface area contributed by atoms with E-state index in [2.05, 4.69) is 11.4 Å². The summed E-state index contributed by atoms with van der Waals surface area (Å²) >= 11 is 7.52. The Morgan fingerprint density at radius 3 is 2.74 bits per heavy atom. The number of carbonyl (C=O) groups is 1. The van der Waals surface area contributed by atoms with E-state index in [1.54, 1.807) is 18.2 Å². The van der Waals surface area contributed by atoms with Crippen molar-refractivity contribution in [3.05, 3.63) is 80.5 Å². The van der Waals surface area contributed by atoms with Gasteiger partial charge in [0.15, 0.2) is 17.3 Å². The smallest absolute Gasteiger partial charge is 0.161 e. The van der Waals surface area contributed by atoms with Crippen molar-refractivity contribution in [2.75, 3.05) is 7.11 Å². The molecule has 0 fully saturated rings. The molecule has 2 aliphatic rings. The summed E-state index contributed by atoms with van der Waals surface area (Å²) in [6.07, 6.45) is 2.02. The number of thioether (sulfide) groups is 1. The van der Waals surface area contributed by atoms with Gasteiger partial charge in [0, 0.05) is 28.5 Å². The average Bonchev–Trinajstić information content (AvgIpc) is 2.78. The number of carbonyl (C=O) groups excluding carboxylic acids is 1. The lowest BCUT2D eigenvalue weighted by molar-refractivity contribution is -0.116. The molecule has 1 atom stereocenters. The van der Waals surface area contributed by atoms with Crippen LogP contribution in [0.5, 0.6) is 11.5 Å². The zero-order valence-corrected chi connectivity index (χ0v) is 18.5. The second-order valence-electron chi connectivity index (χ2n) is 7.43. The predicted octanol–water partition coefficient (Wildman–Crippen LogP) is 5.42. The van der Waals surface area contributed by atoms with Gasteiger partial charge in [0.05, 0.1) is 29.7 Å². The lowest BCUT2D eigenvalue weighted by Gasteiger charge is -2.33. The summed E-state index contributed by atoms with van der Waals surface area (Å²) in [5.74, 6) is 0.558. The van der Waals surface area contributed by atoms with Gasteiger partial charge in [0.1, 0.15) is 0 Å². The number of Topliss-reactive ketones (excluding diaryl/α,β-unsaturated/α-hetero) is 1. The number of aromatic hydroxyl groups is 1. The van der Waals surface area contributed by atoms with E-state index in [1.165, 1.54) is 18.9 Å². The normalized spacial score (nSPS) is 18.4. The molecule has 0 spiro atoms. The number of rotatable bonds is 5. The monoisotopic (exact) mass is 452 g/mol. The van der Waals surface area contributed by atoms with Gasteiger partial charge >= 0.3 is 0 Å². The molecule has 31 heavy (non-hydrogen) atoms. The van der Waals surface area contributed by atoms with E-state index in [1.807, 2.05) is 24.3 Å². The van der Waals surface area contributed by atoms with Crippen LogP contribution in [0.25, 0.3) is 0 Å². The molecule has 0 bridgehead atoms. The van der Waals surface area contributed by atoms with Crippen molar-refractivity contribution in [2.24, 2.45) is 0 Å². The quantitative estimate of drug-likeness (QED) is 0.630. The Morgan fingerprint density at radius 1 is 1.26 bits per heavy atom. The molecule has 1 aliphatic carbocycles. The topological polar surface area (TPSA) is 82.3 Å². The van der Waals surface area contributed by atoms with Gasteiger partial charge in [-0.05, 0) is 48.2 Å². The molecule has 1 aliphatic heterocycles. The van der Waals surface area contributed by atoms with Gasteiger partial charge in [-0.2, -0.15) is 5.26 Å². The van der Waals surface area contributed by atoms with Crippen molar-refractivity contribution in [1.82, 2.24) is 5.32 Å². The zero-order valence-electron chi connectivity index (χ0n) is 16.9. The summed E-state index contributed by atoms with van der Waals surface area (Å²) in [7, 11) is 1.48. The van der Waals surface area contributed by atoms with Gasteiger partial charge in [-0.15, -0.1) is 11.8 Å². The summed E-state index contributed by atoms with van der Waals surface area (Å²) in [5.41, 5.74) is 3.86. The largest absolute Gasteiger partial charge is 0.504 e. The summed E-state index contributed by atoms with van der Waals surface area (Å²) in [6, 6.07) is 14.9. The molecule has 1 unspecified atom stereocenters. The molecule has 0 amide bonds. The van der Waals surface area contributed by atoms with Crippen molar-refractivity contribution in [2.45, 2.75) is 30.9 Å². The molecule has 4 rings (SSSR count). The number of hydrogen-bond donors (Lipinski definition) is 2. The number of nitrogens with zero attached hydrogens (tertiary/aromatic N) is 1. The Bertz CT molecular complexity index is 1130. The fourth-order valence-electron chi connectivity index (χ4n) is 3.98. The minimum Gasteiger partial charge on any atom is -0.504 e. The number of hydrogen-bond acceptors (Lipinski definition) is 6. The first-order valence-electron chi connectivity index (χ1n) is 9.93. The molecule has 2 N–H and O–H groups in total. The summed E-state index contributed by atoms with van der Waals surface area (Å²) in [4.78, 5) is 12.9. The number of ketones is 1. The number of methoxy groups -OCH3 is 1. The van der Waals surface area contributed by atoms with Gasteiger partial charge in [-0.1, -0.05) is 29.8 Å². The van der Waals surface area contributed by atoms with Crippen LogP contribution in [-0.4, -0.2) is 18.0 Å². The van der Waals surface area contributed by atoms with Crippen LogP contribution in [0.2, 0.25) is 5.02 Å². The van der Waals surface area contributed by atoms with Gasteiger partial charge in [0.25, 0.3) is 0 Å². The number of nitrogens with one attached hydrogen (secondary N) is 1. The molecule has 0 aromatic heterocycles. The maximum atomic E-state index is 12.9. The van der Waals surface area contributed by atoms with E-state index in [9.17, 15) is 15.2 Å². The highest BCUT2D eigenvalue weighted by Crippen LogP contribution is 2.45. The fourth-order valence-corrected chi connectivity index (χ4v) is 5.12. The molecular weight excluding hydrogens is 432 g/mol. The number of allylic oxidation sites excluding steroid dienone is 3. The number of halogens is 1. The Balaban J connectivity index is 1.76. The second kappa shape index (κ2) is 9.09. The van der Waals surface area contributed by atoms with Crippen molar-refractivity contribution in [1.29, 1.82) is 5.26 Å². The van der Waals surface area contributed by atoms with E-state index in [-0.39, 0.29) is 11.5 Å². The Morgan fingerprint density at radius 2 is 2.03 bits per heavy atom. The van der Waals surface area contributed by atoms with E-state index in [0.29, 0.717) is 34.1 Å². The fraction of sp³-hybridized carbons (Fsp3) is 0.250. The van der Waals surface area contributed by atoms with Crippen molar-refractivity contribution < 1.29 is 14.6 Å². The first-order chi connectivity index (χ1) is 15.0. The first kappa shape index (κ1) is 21.4. The zero-order chi connectivity index (χ0) is 22.0. The number of benzene rings is 2. The molecule has 2 aromatic carbocycles. The highest BCUT2D eigenvalue weighted by molar-refractivity contribution is 8.02. The molecule has 1 heterocycles. The molecule has 5 nitrogen and oxygen atoms in total. The van der Waals surface area contributed by atoms with Crippen molar-refractivity contribution in [3.8, 4) is 17.6 Å². The predicted molar refractivity (Wildman–Crippen MR) is 122 cm³/mol. The van der Waals surface area contributed by atoms with E-state index in [4.69, 9.17) is 16.3 Å². The Kier molecular flexibility index (Phi) is 6.26.